The van der Waals surface area contributed by atoms with E-state index in [0.717, 1.165) is 37.1 Å². The molecule has 2 saturated heterocycles. The lowest BCUT2D eigenvalue weighted by molar-refractivity contribution is -0.144. The Labute approximate surface area is 205 Å². The van der Waals surface area contributed by atoms with E-state index in [4.69, 9.17) is 4.74 Å². The van der Waals surface area contributed by atoms with Crippen LogP contribution in [0.3, 0.4) is 0 Å². The fraction of sp³-hybridized carbons (Fsp3) is 0.481. The second-order valence-corrected chi connectivity index (χ2v) is 9.78. The summed E-state index contributed by atoms with van der Waals surface area (Å²) in [7, 11) is 1.33. The van der Waals surface area contributed by atoms with Crippen molar-refractivity contribution >= 4 is 17.7 Å². The Bertz CT molecular complexity index is 1040. The average Bonchev–Trinajstić information content (AvgIpc) is 2.87. The average molecular weight is 484 g/mol. The first-order chi connectivity index (χ1) is 16.8. The molecule has 2 N–H and O–H groups in total. The summed E-state index contributed by atoms with van der Waals surface area (Å²) < 4.78 is 18.4. The molecule has 2 aromatic rings. The molecule has 0 aliphatic carbocycles. The summed E-state index contributed by atoms with van der Waals surface area (Å²) in [6.45, 7) is 5.85. The molecule has 2 aromatic carbocycles. The lowest BCUT2D eigenvalue weighted by Gasteiger charge is -2.61. The minimum atomic E-state index is -0.671. The quantitative estimate of drug-likeness (QED) is 0.593. The minimum Gasteiger partial charge on any atom is -0.508 e. The summed E-state index contributed by atoms with van der Waals surface area (Å²) in [6, 6.07) is 12.9. The third kappa shape index (κ3) is 4.92. The Kier molecular flexibility index (Phi) is 7.19. The number of nitrogens with one attached hydrogen (secondary N) is 1. The van der Waals surface area contributed by atoms with E-state index < -0.39 is 12.0 Å². The number of urea groups is 1. The fourth-order valence-corrected chi connectivity index (χ4v) is 5.41. The maximum absolute atomic E-state index is 13.5. The van der Waals surface area contributed by atoms with E-state index in [9.17, 15) is 19.1 Å². The zero-order valence-electron chi connectivity index (χ0n) is 20.5. The van der Waals surface area contributed by atoms with Crippen molar-refractivity contribution in [2.45, 2.75) is 45.2 Å². The van der Waals surface area contributed by atoms with Gasteiger partial charge in [0.05, 0.1) is 13.2 Å². The third-order valence-corrected chi connectivity index (χ3v) is 7.74. The number of nitrogens with zero attached hydrogens (tertiary/aromatic N) is 2. The molecule has 35 heavy (non-hydrogen) atoms. The molecule has 188 valence electrons. The maximum atomic E-state index is 13.5. The molecule has 1 spiro atoms. The van der Waals surface area contributed by atoms with Gasteiger partial charge in [-0.1, -0.05) is 32.4 Å². The Morgan fingerprint density at radius 3 is 2.34 bits per heavy atom. The van der Waals surface area contributed by atoms with Gasteiger partial charge in [-0.25, -0.2) is 14.0 Å². The number of piperidine rings is 1. The van der Waals surface area contributed by atoms with E-state index in [-0.39, 0.29) is 35.0 Å². The van der Waals surface area contributed by atoms with Crippen LogP contribution in [0.2, 0.25) is 0 Å². The third-order valence-electron chi connectivity index (χ3n) is 7.74. The van der Waals surface area contributed by atoms with E-state index in [0.29, 0.717) is 13.1 Å². The number of hydrogen-bond donors (Lipinski definition) is 2. The highest BCUT2D eigenvalue weighted by Crippen LogP contribution is 2.56. The van der Waals surface area contributed by atoms with E-state index >= 15 is 0 Å². The topological polar surface area (TPSA) is 82.1 Å². The summed E-state index contributed by atoms with van der Waals surface area (Å²) >= 11 is 0. The number of rotatable bonds is 6. The number of phenolic OH excluding ortho intramolecular Hbond substituents is 1. The first kappa shape index (κ1) is 24.8. The van der Waals surface area contributed by atoms with Gasteiger partial charge in [-0.2, -0.15) is 0 Å². The Morgan fingerprint density at radius 2 is 1.77 bits per heavy atom. The number of amides is 2. The number of anilines is 1. The van der Waals surface area contributed by atoms with Gasteiger partial charge in [-0.05, 0) is 60.7 Å². The second kappa shape index (κ2) is 10.1. The van der Waals surface area contributed by atoms with Crippen LogP contribution in [-0.2, 0) is 9.53 Å². The number of halogens is 1. The predicted molar refractivity (Wildman–Crippen MR) is 132 cm³/mol. The van der Waals surface area contributed by atoms with Gasteiger partial charge in [0.1, 0.15) is 17.6 Å². The van der Waals surface area contributed by atoms with Crippen molar-refractivity contribution < 1.29 is 23.8 Å². The lowest BCUT2D eigenvalue weighted by Crippen LogP contribution is -2.63. The highest BCUT2D eigenvalue weighted by Gasteiger charge is 2.54. The molecule has 0 bridgehead atoms. The summed E-state index contributed by atoms with van der Waals surface area (Å²) in [5.74, 6) is -0.518. The Hall–Kier alpha value is -3.29. The highest BCUT2D eigenvalue weighted by atomic mass is 19.1. The zero-order valence-corrected chi connectivity index (χ0v) is 20.5. The predicted octanol–water partition coefficient (Wildman–Crippen LogP) is 4.47. The van der Waals surface area contributed by atoms with E-state index in [1.54, 1.807) is 29.2 Å². The summed E-state index contributed by atoms with van der Waals surface area (Å²) in [4.78, 5) is 29.2. The van der Waals surface area contributed by atoms with Crippen LogP contribution in [0.1, 0.15) is 44.7 Å². The number of likely N-dealkylation sites (tertiary alicyclic amines) is 1. The van der Waals surface area contributed by atoms with Crippen molar-refractivity contribution in [1.82, 2.24) is 10.2 Å². The van der Waals surface area contributed by atoms with E-state index in [1.807, 2.05) is 26.0 Å². The number of carbonyl (C=O) groups is 2. The molecule has 2 aliphatic heterocycles. The molecule has 7 nitrogen and oxygen atoms in total. The van der Waals surface area contributed by atoms with Gasteiger partial charge in [0.25, 0.3) is 0 Å². The monoisotopic (exact) mass is 483 g/mol. The number of aromatic hydroxyl groups is 1. The van der Waals surface area contributed by atoms with Crippen LogP contribution in [0.25, 0.3) is 0 Å². The number of methoxy groups -OCH3 is 1. The van der Waals surface area contributed by atoms with Gasteiger partial charge in [-0.3, -0.25) is 0 Å². The molecule has 2 amide bonds. The standard InChI is InChI=1S/C27H34FN3O4/c1-4-18(2)23(25(33)35-3)29-26(34)30-15-13-27(14-16-30)17-31(21-9-7-20(28)8-10-21)24(27)19-5-11-22(32)12-6-19/h5-12,18,23-24,32H,4,13-17H2,1-3H3,(H,29,34). The number of esters is 1. The highest BCUT2D eigenvalue weighted by molar-refractivity contribution is 5.84. The Morgan fingerprint density at radius 1 is 1.14 bits per heavy atom. The summed E-state index contributed by atoms with van der Waals surface area (Å²) in [6.07, 6.45) is 2.35. The number of benzene rings is 2. The van der Waals surface area contributed by atoms with Crippen molar-refractivity contribution in [3.05, 3.63) is 59.9 Å². The number of hydrogen-bond acceptors (Lipinski definition) is 5. The molecular formula is C27H34FN3O4. The molecule has 3 atom stereocenters. The van der Waals surface area contributed by atoms with Crippen LogP contribution >= 0.6 is 0 Å². The molecule has 3 unspecified atom stereocenters. The SMILES string of the molecule is CCC(C)C(NC(=O)N1CCC2(CC1)CN(c1ccc(F)cc1)C2c1ccc(O)cc1)C(=O)OC. The van der Waals surface area contributed by atoms with Crippen molar-refractivity contribution in [3.8, 4) is 5.75 Å². The van der Waals surface area contributed by atoms with Crippen LogP contribution in [0, 0.1) is 17.2 Å². The van der Waals surface area contributed by atoms with Gasteiger partial charge >= 0.3 is 12.0 Å². The number of phenols is 1. The summed E-state index contributed by atoms with van der Waals surface area (Å²) in [5, 5.41) is 12.7. The molecule has 2 aliphatic rings. The van der Waals surface area contributed by atoms with Crippen molar-refractivity contribution in [3.63, 3.8) is 0 Å². The Balaban J connectivity index is 1.49. The molecule has 0 radical (unpaired) electrons. The molecule has 2 fully saturated rings. The van der Waals surface area contributed by atoms with Crippen LogP contribution in [0.15, 0.2) is 48.5 Å². The van der Waals surface area contributed by atoms with Crippen molar-refractivity contribution in [2.75, 3.05) is 31.6 Å². The zero-order chi connectivity index (χ0) is 25.2. The van der Waals surface area contributed by atoms with E-state index in [2.05, 4.69) is 10.2 Å². The minimum absolute atomic E-state index is 0.0303. The van der Waals surface area contributed by atoms with Crippen LogP contribution in [0.4, 0.5) is 14.9 Å². The van der Waals surface area contributed by atoms with Crippen LogP contribution in [-0.4, -0.2) is 54.8 Å². The van der Waals surface area contributed by atoms with E-state index in [1.165, 1.54) is 19.2 Å². The molecule has 0 saturated carbocycles. The molecule has 8 heteroatoms. The van der Waals surface area contributed by atoms with Crippen LogP contribution in [0.5, 0.6) is 5.75 Å². The molecule has 2 heterocycles. The largest absolute Gasteiger partial charge is 0.508 e. The number of ether oxygens (including phenoxy) is 1. The smallest absolute Gasteiger partial charge is 0.328 e. The maximum Gasteiger partial charge on any atom is 0.328 e. The molecule has 0 aromatic heterocycles. The van der Waals surface area contributed by atoms with Crippen molar-refractivity contribution in [2.24, 2.45) is 11.3 Å². The molecule has 4 rings (SSSR count). The van der Waals surface area contributed by atoms with Crippen LogP contribution < -0.4 is 10.2 Å². The molecular weight excluding hydrogens is 449 g/mol. The van der Waals surface area contributed by atoms with Gasteiger partial charge in [-0.15, -0.1) is 0 Å². The first-order valence-corrected chi connectivity index (χ1v) is 12.2. The fourth-order valence-electron chi connectivity index (χ4n) is 5.41. The lowest BCUT2D eigenvalue weighted by atomic mass is 9.63. The second-order valence-electron chi connectivity index (χ2n) is 9.78. The van der Waals surface area contributed by atoms with Gasteiger partial charge in [0, 0.05) is 30.7 Å². The van der Waals surface area contributed by atoms with Gasteiger partial charge < -0.3 is 25.0 Å². The van der Waals surface area contributed by atoms with Gasteiger partial charge in [0.2, 0.25) is 0 Å². The van der Waals surface area contributed by atoms with Gasteiger partial charge in [0.15, 0.2) is 0 Å². The normalized spacial score (nSPS) is 20.6. The van der Waals surface area contributed by atoms with Crippen molar-refractivity contribution in [1.29, 1.82) is 0 Å². The number of carbonyl (C=O) groups excluding carboxylic acids is 2. The summed E-state index contributed by atoms with van der Waals surface area (Å²) in [5.41, 5.74) is 1.99. The first-order valence-electron chi connectivity index (χ1n) is 12.2.